The number of nitrogens with zero attached hydrogens (tertiary/aromatic N) is 6. The number of hydrogen-bond donors (Lipinski definition) is 3. The lowest BCUT2D eigenvalue weighted by atomic mass is 9.96. The average molecular weight is 532 g/mol. The first-order valence-electron chi connectivity index (χ1n) is 12.8. The Hall–Kier alpha value is -3.45. The van der Waals surface area contributed by atoms with E-state index in [1.54, 1.807) is 17.0 Å². The van der Waals surface area contributed by atoms with Crippen molar-refractivity contribution in [3.63, 3.8) is 0 Å². The molecule has 2 aromatic heterocycles. The molecule has 3 aliphatic rings. The van der Waals surface area contributed by atoms with Crippen LogP contribution in [-0.4, -0.2) is 69.1 Å². The topological polar surface area (TPSA) is 131 Å². The number of aromatic nitrogens is 4. The second-order valence-corrected chi connectivity index (χ2v) is 10.1. The van der Waals surface area contributed by atoms with Crippen molar-refractivity contribution in [1.29, 1.82) is 0 Å². The van der Waals surface area contributed by atoms with Crippen LogP contribution in [0.4, 0.5) is 24.7 Å². The molecule has 1 aromatic carbocycles. The van der Waals surface area contributed by atoms with Crippen molar-refractivity contribution in [1.82, 2.24) is 29.7 Å². The standard InChI is InChI=1S/C21H25F3N8.C4H7NO/c22-21(23,24)16-2-3-17(31-7-4-13(25)8-31)15(14(16)9-30-5-1-6-30)10-32-12-29-18-19(26)27-11-28-20(18)32;6-3-5-4-1-2-4/h2-3,11-13H,1,4-10,25H2,(H2,26,27,28);3-4H,1-2H2,(H,5,6). The van der Waals surface area contributed by atoms with Crippen LogP contribution in [0.2, 0.25) is 0 Å². The van der Waals surface area contributed by atoms with E-state index in [-0.39, 0.29) is 24.9 Å². The Balaban J connectivity index is 0.000000433. The zero-order valence-corrected chi connectivity index (χ0v) is 21.0. The fraction of sp³-hybridized carbons (Fsp3) is 0.520. The molecule has 1 aliphatic carbocycles. The third-order valence-corrected chi connectivity index (χ3v) is 7.25. The number of fused-ring (bicyclic) bond motifs is 1. The van der Waals surface area contributed by atoms with E-state index in [0.29, 0.717) is 41.4 Å². The number of rotatable bonds is 7. The molecule has 1 unspecified atom stereocenters. The van der Waals surface area contributed by atoms with Crippen molar-refractivity contribution in [2.45, 2.75) is 57.0 Å². The van der Waals surface area contributed by atoms with Crippen LogP contribution in [0.25, 0.3) is 11.2 Å². The third kappa shape index (κ3) is 5.68. The first kappa shape index (κ1) is 26.2. The van der Waals surface area contributed by atoms with Crippen molar-refractivity contribution < 1.29 is 18.0 Å². The Morgan fingerprint density at radius 2 is 1.84 bits per heavy atom. The van der Waals surface area contributed by atoms with Gasteiger partial charge >= 0.3 is 6.18 Å². The highest BCUT2D eigenvalue weighted by Gasteiger charge is 2.37. The van der Waals surface area contributed by atoms with Crippen molar-refractivity contribution in [2.24, 2.45) is 5.73 Å². The molecule has 3 fully saturated rings. The van der Waals surface area contributed by atoms with Crippen LogP contribution >= 0.6 is 0 Å². The second-order valence-electron chi connectivity index (χ2n) is 10.1. The molecule has 1 saturated carbocycles. The summed E-state index contributed by atoms with van der Waals surface area (Å²) in [6.07, 6.45) is 3.37. The maximum absolute atomic E-state index is 14.0. The van der Waals surface area contributed by atoms with E-state index in [1.807, 2.05) is 4.90 Å². The number of halogens is 3. The molecular weight excluding hydrogens is 499 g/mol. The molecule has 0 spiro atoms. The van der Waals surface area contributed by atoms with Gasteiger partial charge in [-0.15, -0.1) is 0 Å². The van der Waals surface area contributed by atoms with Crippen molar-refractivity contribution in [3.8, 4) is 0 Å². The monoisotopic (exact) mass is 531 g/mol. The van der Waals surface area contributed by atoms with Gasteiger partial charge in [-0.2, -0.15) is 13.2 Å². The number of likely N-dealkylation sites (tertiary alicyclic amines) is 1. The van der Waals surface area contributed by atoms with Gasteiger partial charge < -0.3 is 26.3 Å². The zero-order chi connectivity index (χ0) is 26.9. The Morgan fingerprint density at radius 1 is 1.05 bits per heavy atom. The summed E-state index contributed by atoms with van der Waals surface area (Å²) in [5, 5.41) is 2.64. The predicted octanol–water partition coefficient (Wildman–Crippen LogP) is 2.11. The number of anilines is 2. The van der Waals surface area contributed by atoms with E-state index in [4.69, 9.17) is 11.5 Å². The predicted molar refractivity (Wildman–Crippen MR) is 137 cm³/mol. The SMILES string of the molecule is Nc1ncnc2c1ncn2Cc1c(N2CCC(N)C2)ccc(C(F)(F)F)c1CN1CCC1.O=CNC1CC1. The molecular formula is C25H32F3N9O. The highest BCUT2D eigenvalue weighted by atomic mass is 19.4. The van der Waals surface area contributed by atoms with E-state index in [0.717, 1.165) is 38.0 Å². The lowest BCUT2D eigenvalue weighted by molar-refractivity contribution is -0.138. The molecule has 6 rings (SSSR count). The summed E-state index contributed by atoms with van der Waals surface area (Å²) in [7, 11) is 0. The number of carbonyl (C=O) groups excluding carboxylic acids is 1. The summed E-state index contributed by atoms with van der Waals surface area (Å²) in [5.41, 5.74) is 14.1. The van der Waals surface area contributed by atoms with Crippen LogP contribution in [0.3, 0.4) is 0 Å². The number of imidazole rings is 1. The number of carbonyl (C=O) groups is 1. The van der Waals surface area contributed by atoms with Gasteiger partial charge in [0, 0.05) is 43.0 Å². The van der Waals surface area contributed by atoms with Crippen molar-refractivity contribution in [3.05, 3.63) is 41.5 Å². The molecule has 5 N–H and O–H groups in total. The van der Waals surface area contributed by atoms with Crippen LogP contribution < -0.4 is 21.7 Å². The number of alkyl halides is 3. The normalized spacial score (nSPS) is 19.7. The van der Waals surface area contributed by atoms with E-state index in [2.05, 4.69) is 25.2 Å². The number of nitrogens with two attached hydrogens (primary N) is 2. The summed E-state index contributed by atoms with van der Waals surface area (Å²) >= 11 is 0. The minimum absolute atomic E-state index is 0.00518. The fourth-order valence-electron chi connectivity index (χ4n) is 4.90. The van der Waals surface area contributed by atoms with Gasteiger partial charge in [-0.05, 0) is 56.5 Å². The van der Waals surface area contributed by atoms with Crippen LogP contribution in [0, 0.1) is 0 Å². The quantitative estimate of drug-likeness (QED) is 0.395. The maximum Gasteiger partial charge on any atom is 0.416 e. The van der Waals surface area contributed by atoms with E-state index < -0.39 is 11.7 Å². The highest BCUT2D eigenvalue weighted by Crippen LogP contribution is 2.39. The average Bonchev–Trinajstić information content (AvgIpc) is 3.41. The van der Waals surface area contributed by atoms with Crippen LogP contribution in [0.5, 0.6) is 0 Å². The van der Waals surface area contributed by atoms with Gasteiger partial charge in [0.2, 0.25) is 6.41 Å². The smallest absolute Gasteiger partial charge is 0.382 e. The molecule has 1 amide bonds. The molecule has 13 heteroatoms. The first-order chi connectivity index (χ1) is 18.2. The number of amides is 1. The molecule has 2 aliphatic heterocycles. The largest absolute Gasteiger partial charge is 0.416 e. The lowest BCUT2D eigenvalue weighted by Crippen LogP contribution is -2.37. The maximum atomic E-state index is 14.0. The third-order valence-electron chi connectivity index (χ3n) is 7.25. The summed E-state index contributed by atoms with van der Waals surface area (Å²) < 4.78 is 43.9. The minimum Gasteiger partial charge on any atom is -0.382 e. The van der Waals surface area contributed by atoms with E-state index in [1.165, 1.54) is 25.2 Å². The molecule has 2 saturated heterocycles. The van der Waals surface area contributed by atoms with Gasteiger partial charge in [0.1, 0.15) is 11.8 Å². The van der Waals surface area contributed by atoms with Gasteiger partial charge in [-0.1, -0.05) is 0 Å². The number of nitrogen functional groups attached to an aromatic ring is 1. The molecule has 4 heterocycles. The van der Waals surface area contributed by atoms with Crippen molar-refractivity contribution in [2.75, 3.05) is 36.8 Å². The Bertz CT molecular complexity index is 1290. The number of hydrogen-bond acceptors (Lipinski definition) is 8. The zero-order valence-electron chi connectivity index (χ0n) is 21.0. The minimum atomic E-state index is -4.45. The molecule has 204 valence electrons. The first-order valence-corrected chi connectivity index (χ1v) is 12.8. The van der Waals surface area contributed by atoms with Crippen LogP contribution in [0.15, 0.2) is 24.8 Å². The highest BCUT2D eigenvalue weighted by molar-refractivity contribution is 5.81. The van der Waals surface area contributed by atoms with Gasteiger partial charge in [-0.3, -0.25) is 9.69 Å². The number of benzene rings is 1. The van der Waals surface area contributed by atoms with E-state index >= 15 is 0 Å². The summed E-state index contributed by atoms with van der Waals surface area (Å²) in [6.45, 7) is 3.37. The van der Waals surface area contributed by atoms with Crippen LogP contribution in [-0.2, 0) is 24.1 Å². The lowest BCUT2D eigenvalue weighted by Gasteiger charge is -2.34. The van der Waals surface area contributed by atoms with E-state index in [9.17, 15) is 18.0 Å². The molecule has 3 aromatic rings. The van der Waals surface area contributed by atoms with Gasteiger partial charge in [-0.25, -0.2) is 15.0 Å². The summed E-state index contributed by atoms with van der Waals surface area (Å²) in [4.78, 5) is 26.2. The van der Waals surface area contributed by atoms with Crippen LogP contribution in [0.1, 0.15) is 42.4 Å². The molecule has 10 nitrogen and oxygen atoms in total. The second kappa shape index (κ2) is 10.7. The van der Waals surface area contributed by atoms with Gasteiger partial charge in [0.25, 0.3) is 0 Å². The number of nitrogens with one attached hydrogen (secondary N) is 1. The molecule has 0 radical (unpaired) electrons. The van der Waals surface area contributed by atoms with Gasteiger partial charge in [0.15, 0.2) is 11.5 Å². The summed E-state index contributed by atoms with van der Waals surface area (Å²) in [5.74, 6) is 0.240. The molecule has 1 atom stereocenters. The molecule has 0 bridgehead atoms. The van der Waals surface area contributed by atoms with Crippen molar-refractivity contribution >= 4 is 29.1 Å². The Kier molecular flexibility index (Phi) is 7.39. The Morgan fingerprint density at radius 3 is 2.42 bits per heavy atom. The fourth-order valence-corrected chi connectivity index (χ4v) is 4.90. The molecule has 38 heavy (non-hydrogen) atoms. The Labute approximate surface area is 218 Å². The summed E-state index contributed by atoms with van der Waals surface area (Å²) in [6, 6.07) is 3.33. The van der Waals surface area contributed by atoms with Gasteiger partial charge in [0.05, 0.1) is 18.4 Å².